The van der Waals surface area contributed by atoms with Crippen molar-refractivity contribution in [1.82, 2.24) is 5.32 Å². The molecule has 0 spiro atoms. The zero-order valence-electron chi connectivity index (χ0n) is 12.2. The molecule has 2 aromatic rings. The molecule has 3 N–H and O–H groups in total. The summed E-state index contributed by atoms with van der Waals surface area (Å²) in [5.41, 5.74) is 9.83. The summed E-state index contributed by atoms with van der Waals surface area (Å²) in [5.74, 6) is -0.392. The summed E-state index contributed by atoms with van der Waals surface area (Å²) >= 11 is 0. The van der Waals surface area contributed by atoms with Crippen molar-refractivity contribution in [2.75, 3.05) is 12.3 Å². The highest BCUT2D eigenvalue weighted by Crippen LogP contribution is 2.13. The van der Waals surface area contributed by atoms with E-state index in [1.54, 1.807) is 18.2 Å². The Bertz CT molecular complexity index is 668. The van der Waals surface area contributed by atoms with Gasteiger partial charge in [-0.05, 0) is 61.2 Å². The van der Waals surface area contributed by atoms with E-state index in [1.165, 1.54) is 12.1 Å². The Kier molecular flexibility index (Phi) is 4.58. The Morgan fingerprint density at radius 3 is 2.57 bits per heavy atom. The predicted molar refractivity (Wildman–Crippen MR) is 82.8 cm³/mol. The quantitative estimate of drug-likeness (QED) is 0.849. The molecular weight excluding hydrogens is 267 g/mol. The molecule has 110 valence electrons. The molecule has 0 heterocycles. The minimum atomic E-state index is -0.240. The molecule has 0 unspecified atom stereocenters. The summed E-state index contributed by atoms with van der Waals surface area (Å²) in [6, 6.07) is 9.94. The second-order valence-corrected chi connectivity index (χ2v) is 5.15. The summed E-state index contributed by atoms with van der Waals surface area (Å²) < 4.78 is 13.0. The molecule has 3 nitrogen and oxygen atoms in total. The zero-order chi connectivity index (χ0) is 15.4. The third-order valence-corrected chi connectivity index (χ3v) is 3.53. The van der Waals surface area contributed by atoms with Gasteiger partial charge in [0.25, 0.3) is 5.91 Å². The lowest BCUT2D eigenvalue weighted by Gasteiger charge is -2.09. The monoisotopic (exact) mass is 286 g/mol. The van der Waals surface area contributed by atoms with Gasteiger partial charge in [0.2, 0.25) is 0 Å². The van der Waals surface area contributed by atoms with Crippen molar-refractivity contribution in [3.05, 3.63) is 64.5 Å². The lowest BCUT2D eigenvalue weighted by atomic mass is 10.1. The third kappa shape index (κ3) is 3.81. The summed E-state index contributed by atoms with van der Waals surface area (Å²) in [4.78, 5) is 12.0. The van der Waals surface area contributed by atoms with E-state index in [1.807, 2.05) is 19.9 Å². The number of nitrogens with one attached hydrogen (secondary N) is 1. The van der Waals surface area contributed by atoms with Crippen LogP contribution in [-0.4, -0.2) is 12.5 Å². The van der Waals surface area contributed by atoms with E-state index < -0.39 is 0 Å². The molecule has 0 aromatic heterocycles. The van der Waals surface area contributed by atoms with E-state index in [0.29, 0.717) is 24.2 Å². The number of rotatable bonds is 4. The van der Waals surface area contributed by atoms with Gasteiger partial charge in [0.05, 0.1) is 0 Å². The van der Waals surface area contributed by atoms with E-state index in [9.17, 15) is 9.18 Å². The predicted octanol–water partition coefficient (Wildman–Crippen LogP) is 3.00. The van der Waals surface area contributed by atoms with Gasteiger partial charge in [0.1, 0.15) is 5.82 Å². The molecule has 0 aliphatic carbocycles. The molecule has 0 aliphatic rings. The van der Waals surface area contributed by atoms with Crippen molar-refractivity contribution in [2.24, 2.45) is 0 Å². The number of nitrogens with two attached hydrogens (primary N) is 1. The topological polar surface area (TPSA) is 55.1 Å². The first-order valence-corrected chi connectivity index (χ1v) is 6.86. The highest BCUT2D eigenvalue weighted by Gasteiger charge is 2.07. The van der Waals surface area contributed by atoms with Crippen LogP contribution in [0.1, 0.15) is 27.0 Å². The van der Waals surface area contributed by atoms with Crippen molar-refractivity contribution in [3.63, 3.8) is 0 Å². The molecule has 2 rings (SSSR count). The van der Waals surface area contributed by atoms with Crippen LogP contribution in [0.2, 0.25) is 0 Å². The molecule has 0 saturated carbocycles. The van der Waals surface area contributed by atoms with Gasteiger partial charge in [-0.25, -0.2) is 4.39 Å². The molecular formula is C17H19FN2O. The summed E-state index contributed by atoms with van der Waals surface area (Å²) in [6.45, 7) is 4.26. The number of anilines is 1. The van der Waals surface area contributed by atoms with E-state index in [2.05, 4.69) is 5.32 Å². The Balaban J connectivity index is 1.93. The standard InChI is InChI=1S/C17H19FN2O/c1-11-3-4-14(10-16(11)19)17(21)20-8-7-13-5-6-15(18)9-12(13)2/h3-6,9-10H,7-8,19H2,1-2H3,(H,20,21). The first kappa shape index (κ1) is 15.0. The van der Waals surface area contributed by atoms with E-state index in [0.717, 1.165) is 16.7 Å². The lowest BCUT2D eigenvalue weighted by molar-refractivity contribution is 0.0954. The number of halogens is 1. The fourth-order valence-electron chi connectivity index (χ4n) is 2.13. The van der Waals surface area contributed by atoms with Crippen LogP contribution < -0.4 is 11.1 Å². The second kappa shape index (κ2) is 6.39. The smallest absolute Gasteiger partial charge is 0.251 e. The van der Waals surface area contributed by atoms with Crippen molar-refractivity contribution < 1.29 is 9.18 Å². The number of aryl methyl sites for hydroxylation is 2. The van der Waals surface area contributed by atoms with Crippen LogP contribution in [0, 0.1) is 19.7 Å². The molecule has 0 aliphatic heterocycles. The number of benzene rings is 2. The number of nitrogen functional groups attached to an aromatic ring is 1. The molecule has 0 bridgehead atoms. The summed E-state index contributed by atoms with van der Waals surface area (Å²) in [5, 5.41) is 2.85. The average Bonchev–Trinajstić information content (AvgIpc) is 2.44. The number of hydrogen-bond acceptors (Lipinski definition) is 2. The van der Waals surface area contributed by atoms with Crippen LogP contribution in [0.4, 0.5) is 10.1 Å². The maximum Gasteiger partial charge on any atom is 0.251 e. The van der Waals surface area contributed by atoms with Gasteiger partial charge in [-0.2, -0.15) is 0 Å². The summed E-state index contributed by atoms with van der Waals surface area (Å²) in [7, 11) is 0. The number of amides is 1. The van der Waals surface area contributed by atoms with Crippen LogP contribution in [0.15, 0.2) is 36.4 Å². The number of carbonyl (C=O) groups is 1. The van der Waals surface area contributed by atoms with Gasteiger partial charge in [0.15, 0.2) is 0 Å². The van der Waals surface area contributed by atoms with Gasteiger partial charge >= 0.3 is 0 Å². The van der Waals surface area contributed by atoms with Crippen molar-refractivity contribution in [2.45, 2.75) is 20.3 Å². The molecule has 2 aromatic carbocycles. The first-order valence-electron chi connectivity index (χ1n) is 6.86. The molecule has 0 radical (unpaired) electrons. The Morgan fingerprint density at radius 1 is 1.14 bits per heavy atom. The maximum atomic E-state index is 13.0. The van der Waals surface area contributed by atoms with Crippen LogP contribution >= 0.6 is 0 Å². The van der Waals surface area contributed by atoms with E-state index in [4.69, 9.17) is 5.73 Å². The largest absolute Gasteiger partial charge is 0.398 e. The van der Waals surface area contributed by atoms with Gasteiger partial charge in [-0.15, -0.1) is 0 Å². The Hall–Kier alpha value is -2.36. The first-order chi connectivity index (χ1) is 9.97. The third-order valence-electron chi connectivity index (χ3n) is 3.53. The molecule has 0 fully saturated rings. The van der Waals surface area contributed by atoms with Gasteiger partial charge in [-0.1, -0.05) is 12.1 Å². The van der Waals surface area contributed by atoms with E-state index in [-0.39, 0.29) is 11.7 Å². The van der Waals surface area contributed by atoms with Gasteiger partial charge in [0, 0.05) is 17.8 Å². The zero-order valence-corrected chi connectivity index (χ0v) is 12.2. The van der Waals surface area contributed by atoms with Crippen molar-refractivity contribution in [1.29, 1.82) is 0 Å². The van der Waals surface area contributed by atoms with Crippen molar-refractivity contribution >= 4 is 11.6 Å². The minimum Gasteiger partial charge on any atom is -0.398 e. The maximum absolute atomic E-state index is 13.0. The fourth-order valence-corrected chi connectivity index (χ4v) is 2.13. The Morgan fingerprint density at radius 2 is 1.90 bits per heavy atom. The highest BCUT2D eigenvalue weighted by molar-refractivity contribution is 5.95. The number of carbonyl (C=O) groups excluding carboxylic acids is 1. The van der Waals surface area contributed by atoms with Crippen LogP contribution in [0.5, 0.6) is 0 Å². The highest BCUT2D eigenvalue weighted by atomic mass is 19.1. The number of hydrogen-bond donors (Lipinski definition) is 2. The van der Waals surface area contributed by atoms with Crippen LogP contribution in [0.25, 0.3) is 0 Å². The molecule has 21 heavy (non-hydrogen) atoms. The summed E-state index contributed by atoms with van der Waals surface area (Å²) in [6.07, 6.45) is 0.666. The van der Waals surface area contributed by atoms with Gasteiger partial charge in [-0.3, -0.25) is 4.79 Å². The minimum absolute atomic E-state index is 0.151. The molecule has 0 saturated heterocycles. The lowest BCUT2D eigenvalue weighted by Crippen LogP contribution is -2.26. The second-order valence-electron chi connectivity index (χ2n) is 5.15. The normalized spacial score (nSPS) is 10.4. The SMILES string of the molecule is Cc1ccc(C(=O)NCCc2ccc(F)cc2C)cc1N. The molecule has 0 atom stereocenters. The molecule has 4 heteroatoms. The van der Waals surface area contributed by atoms with Crippen LogP contribution in [-0.2, 0) is 6.42 Å². The molecule has 1 amide bonds. The Labute approximate surface area is 124 Å². The average molecular weight is 286 g/mol. The van der Waals surface area contributed by atoms with E-state index >= 15 is 0 Å². The van der Waals surface area contributed by atoms with Crippen LogP contribution in [0.3, 0.4) is 0 Å². The fraction of sp³-hybridized carbons (Fsp3) is 0.235. The van der Waals surface area contributed by atoms with Gasteiger partial charge < -0.3 is 11.1 Å². The van der Waals surface area contributed by atoms with Crippen molar-refractivity contribution in [3.8, 4) is 0 Å².